The summed E-state index contributed by atoms with van der Waals surface area (Å²) in [4.78, 5) is 0. The van der Waals surface area contributed by atoms with Gasteiger partial charge in [-0.3, -0.25) is 0 Å². The lowest BCUT2D eigenvalue weighted by atomic mass is 9.95. The van der Waals surface area contributed by atoms with Gasteiger partial charge in [-0.25, -0.2) is 4.39 Å². The first kappa shape index (κ1) is 16.2. The molecule has 0 aliphatic heterocycles. The minimum absolute atomic E-state index is 0.171. The number of aryl methyl sites for hydroxylation is 2. The van der Waals surface area contributed by atoms with Gasteiger partial charge < -0.3 is 5.32 Å². The molecule has 0 amide bonds. The predicted molar refractivity (Wildman–Crippen MR) is 90.1 cm³/mol. The van der Waals surface area contributed by atoms with Crippen LogP contribution in [0.5, 0.6) is 0 Å². The summed E-state index contributed by atoms with van der Waals surface area (Å²) < 4.78 is 14.4. The van der Waals surface area contributed by atoms with E-state index in [9.17, 15) is 4.39 Å². The van der Waals surface area contributed by atoms with Crippen LogP contribution in [0.4, 0.5) is 4.39 Å². The summed E-state index contributed by atoms with van der Waals surface area (Å²) in [5, 5.41) is 3.53. The van der Waals surface area contributed by atoms with Crippen LogP contribution in [-0.2, 0) is 6.42 Å². The molecule has 112 valence electrons. The fraction of sp³-hybridized carbons (Fsp3) is 0.333. The van der Waals surface area contributed by atoms with Crippen LogP contribution < -0.4 is 5.32 Å². The summed E-state index contributed by atoms with van der Waals surface area (Å²) in [5.41, 5.74) is 4.68. The fourth-order valence-electron chi connectivity index (χ4n) is 2.55. The van der Waals surface area contributed by atoms with Gasteiger partial charge in [0.2, 0.25) is 0 Å². The average Bonchev–Trinajstić information content (AvgIpc) is 2.44. The molecule has 1 unspecified atom stereocenters. The molecule has 0 aromatic heterocycles. The maximum atomic E-state index is 13.2. The van der Waals surface area contributed by atoms with Crippen molar-refractivity contribution in [3.05, 3.63) is 68.9 Å². The molecule has 0 saturated heterocycles. The van der Waals surface area contributed by atoms with E-state index in [4.69, 9.17) is 0 Å². The predicted octanol–water partition coefficient (Wildman–Crippen LogP) is 5.10. The number of hydrogen-bond acceptors (Lipinski definition) is 1. The molecule has 1 atom stereocenters. The van der Waals surface area contributed by atoms with E-state index in [1.54, 1.807) is 6.07 Å². The molecule has 1 nitrogen and oxygen atoms in total. The standard InChI is InChI=1S/C18H21BrFN/c1-4-21-18(15-6-8-17(19)13(3)9-15)11-14-5-7-16(20)10-12(14)2/h5-10,18,21H,4,11H2,1-3H3. The molecule has 0 saturated carbocycles. The minimum Gasteiger partial charge on any atom is -0.310 e. The number of likely N-dealkylation sites (N-methyl/N-ethyl adjacent to an activating group) is 1. The Kier molecular flexibility index (Phi) is 5.54. The molecule has 0 aliphatic carbocycles. The van der Waals surface area contributed by atoms with Crippen LogP contribution in [0.1, 0.15) is 35.2 Å². The highest BCUT2D eigenvalue weighted by Crippen LogP contribution is 2.25. The van der Waals surface area contributed by atoms with E-state index in [-0.39, 0.29) is 11.9 Å². The van der Waals surface area contributed by atoms with Crippen molar-refractivity contribution in [1.29, 1.82) is 0 Å². The number of nitrogens with one attached hydrogen (secondary N) is 1. The molecule has 0 radical (unpaired) electrons. The van der Waals surface area contributed by atoms with Crippen LogP contribution >= 0.6 is 15.9 Å². The zero-order chi connectivity index (χ0) is 15.4. The smallest absolute Gasteiger partial charge is 0.123 e. The first-order chi connectivity index (χ1) is 10.0. The van der Waals surface area contributed by atoms with E-state index in [1.165, 1.54) is 22.8 Å². The zero-order valence-electron chi connectivity index (χ0n) is 12.7. The van der Waals surface area contributed by atoms with Crippen molar-refractivity contribution in [2.75, 3.05) is 6.54 Å². The first-order valence-electron chi connectivity index (χ1n) is 7.25. The lowest BCUT2D eigenvalue weighted by molar-refractivity contribution is 0.547. The molecular formula is C18H21BrFN. The highest BCUT2D eigenvalue weighted by atomic mass is 79.9. The van der Waals surface area contributed by atoms with Crippen LogP contribution in [-0.4, -0.2) is 6.54 Å². The molecular weight excluding hydrogens is 329 g/mol. The van der Waals surface area contributed by atoms with E-state index >= 15 is 0 Å². The molecule has 2 aromatic rings. The second-order valence-electron chi connectivity index (χ2n) is 5.39. The Hall–Kier alpha value is -1.19. The van der Waals surface area contributed by atoms with E-state index < -0.39 is 0 Å². The van der Waals surface area contributed by atoms with Crippen molar-refractivity contribution in [3.8, 4) is 0 Å². The summed E-state index contributed by atoms with van der Waals surface area (Å²) in [6, 6.07) is 11.7. The Morgan fingerprint density at radius 2 is 1.86 bits per heavy atom. The molecule has 0 heterocycles. The largest absolute Gasteiger partial charge is 0.310 e. The maximum Gasteiger partial charge on any atom is 0.123 e. The number of halogens is 2. The number of benzene rings is 2. The first-order valence-corrected chi connectivity index (χ1v) is 8.05. The Labute approximate surface area is 134 Å². The Morgan fingerprint density at radius 3 is 2.48 bits per heavy atom. The van der Waals surface area contributed by atoms with E-state index in [1.807, 2.05) is 13.0 Å². The number of hydrogen-bond donors (Lipinski definition) is 1. The van der Waals surface area contributed by atoms with Crippen molar-refractivity contribution in [2.45, 2.75) is 33.2 Å². The van der Waals surface area contributed by atoms with Crippen LogP contribution in [0.25, 0.3) is 0 Å². The fourth-order valence-corrected chi connectivity index (χ4v) is 2.79. The van der Waals surface area contributed by atoms with Crippen molar-refractivity contribution < 1.29 is 4.39 Å². The Bertz CT molecular complexity index is 625. The molecule has 0 spiro atoms. The van der Waals surface area contributed by atoms with Gasteiger partial charge >= 0.3 is 0 Å². The van der Waals surface area contributed by atoms with Gasteiger partial charge in [0.15, 0.2) is 0 Å². The highest BCUT2D eigenvalue weighted by molar-refractivity contribution is 9.10. The topological polar surface area (TPSA) is 12.0 Å². The Morgan fingerprint density at radius 1 is 1.10 bits per heavy atom. The van der Waals surface area contributed by atoms with Crippen LogP contribution in [0, 0.1) is 19.7 Å². The van der Waals surface area contributed by atoms with Gasteiger partial charge in [0.25, 0.3) is 0 Å². The molecule has 2 rings (SSSR count). The summed E-state index contributed by atoms with van der Waals surface area (Å²) in [6.07, 6.45) is 0.862. The molecule has 21 heavy (non-hydrogen) atoms. The molecule has 1 N–H and O–H groups in total. The normalized spacial score (nSPS) is 12.4. The van der Waals surface area contributed by atoms with Crippen molar-refractivity contribution in [1.82, 2.24) is 5.32 Å². The third-order valence-corrected chi connectivity index (χ3v) is 4.65. The van der Waals surface area contributed by atoms with Gasteiger partial charge in [0.05, 0.1) is 0 Å². The quantitative estimate of drug-likeness (QED) is 0.791. The van der Waals surface area contributed by atoms with Crippen LogP contribution in [0.2, 0.25) is 0 Å². The molecule has 3 heteroatoms. The molecule has 0 fully saturated rings. The van der Waals surface area contributed by atoms with Crippen LogP contribution in [0.3, 0.4) is 0 Å². The van der Waals surface area contributed by atoms with Gasteiger partial charge in [0.1, 0.15) is 5.82 Å². The average molecular weight is 350 g/mol. The van der Waals surface area contributed by atoms with Gasteiger partial charge in [-0.05, 0) is 67.3 Å². The van der Waals surface area contributed by atoms with Crippen molar-refractivity contribution >= 4 is 15.9 Å². The van der Waals surface area contributed by atoms with E-state index in [0.717, 1.165) is 23.0 Å². The third-order valence-electron chi connectivity index (χ3n) is 3.76. The molecule has 0 bridgehead atoms. The summed E-state index contributed by atoms with van der Waals surface area (Å²) in [7, 11) is 0. The van der Waals surface area contributed by atoms with Gasteiger partial charge in [-0.1, -0.05) is 41.1 Å². The second kappa shape index (κ2) is 7.19. The lowest BCUT2D eigenvalue weighted by Gasteiger charge is -2.20. The zero-order valence-corrected chi connectivity index (χ0v) is 14.3. The number of rotatable bonds is 5. The monoisotopic (exact) mass is 349 g/mol. The maximum absolute atomic E-state index is 13.2. The van der Waals surface area contributed by atoms with E-state index in [2.05, 4.69) is 53.3 Å². The van der Waals surface area contributed by atoms with Gasteiger partial charge in [0, 0.05) is 10.5 Å². The lowest BCUT2D eigenvalue weighted by Crippen LogP contribution is -2.23. The molecule has 2 aromatic carbocycles. The SMILES string of the molecule is CCNC(Cc1ccc(F)cc1C)c1ccc(Br)c(C)c1. The molecule has 0 aliphatic rings. The minimum atomic E-state index is -0.171. The third kappa shape index (κ3) is 4.14. The van der Waals surface area contributed by atoms with Crippen molar-refractivity contribution in [2.24, 2.45) is 0 Å². The summed E-state index contributed by atoms with van der Waals surface area (Å²) in [6.45, 7) is 7.07. The summed E-state index contributed by atoms with van der Waals surface area (Å²) in [5.74, 6) is -0.171. The van der Waals surface area contributed by atoms with Crippen molar-refractivity contribution in [3.63, 3.8) is 0 Å². The summed E-state index contributed by atoms with van der Waals surface area (Å²) >= 11 is 3.54. The Balaban J connectivity index is 2.28. The van der Waals surface area contributed by atoms with E-state index in [0.29, 0.717) is 0 Å². The highest BCUT2D eigenvalue weighted by Gasteiger charge is 2.13. The van der Waals surface area contributed by atoms with Gasteiger partial charge in [-0.15, -0.1) is 0 Å². The van der Waals surface area contributed by atoms with Gasteiger partial charge in [-0.2, -0.15) is 0 Å². The van der Waals surface area contributed by atoms with Crippen LogP contribution in [0.15, 0.2) is 40.9 Å². The second-order valence-corrected chi connectivity index (χ2v) is 6.25.